The van der Waals surface area contributed by atoms with Crippen LogP contribution in [0.2, 0.25) is 10.0 Å². The monoisotopic (exact) mass is 550 g/mol. The van der Waals surface area contributed by atoms with Gasteiger partial charge in [-0.1, -0.05) is 41.9 Å². The van der Waals surface area contributed by atoms with Gasteiger partial charge in [-0.25, -0.2) is 9.97 Å². The van der Waals surface area contributed by atoms with Gasteiger partial charge < -0.3 is 22.1 Å². The lowest BCUT2D eigenvalue weighted by Crippen LogP contribution is -2.28. The number of carbonyl (C=O) groups excluding carboxylic acids is 1. The molecular weight excluding hydrogens is 527 g/mol. The van der Waals surface area contributed by atoms with Crippen LogP contribution < -0.4 is 22.1 Å². The zero-order valence-corrected chi connectivity index (χ0v) is 22.0. The number of halogens is 2. The van der Waals surface area contributed by atoms with E-state index in [0.29, 0.717) is 33.7 Å². The Hall–Kier alpha value is -3.85. The second kappa shape index (κ2) is 11.9. The van der Waals surface area contributed by atoms with Gasteiger partial charge in [-0.15, -0.1) is 11.3 Å². The number of anilines is 1. The third-order valence-corrected chi connectivity index (χ3v) is 7.34. The van der Waals surface area contributed by atoms with Crippen molar-refractivity contribution in [3.8, 4) is 10.4 Å². The minimum Gasteiger partial charge on any atom is -0.405 e. The van der Waals surface area contributed by atoms with Gasteiger partial charge in [0.2, 0.25) is 0 Å². The Morgan fingerprint density at radius 3 is 2.65 bits per heavy atom. The summed E-state index contributed by atoms with van der Waals surface area (Å²) in [5, 5.41) is 7.82. The SMILES string of the molecule is C=C(NCc1ccc(-c2ccc3ncnc(N)c3c2)s1)/C(=C\C=C/N)C(=O)NCc1ccc(Cl)c(Cl)c1. The van der Waals surface area contributed by atoms with E-state index in [9.17, 15) is 4.79 Å². The summed E-state index contributed by atoms with van der Waals surface area (Å²) in [6.45, 7) is 4.83. The van der Waals surface area contributed by atoms with Crippen molar-refractivity contribution in [1.29, 1.82) is 0 Å². The van der Waals surface area contributed by atoms with Crippen LogP contribution in [0.15, 0.2) is 91.1 Å². The first-order valence-electron chi connectivity index (χ1n) is 11.2. The number of benzene rings is 2. The van der Waals surface area contributed by atoms with Gasteiger partial charge >= 0.3 is 0 Å². The molecule has 0 saturated carbocycles. The summed E-state index contributed by atoms with van der Waals surface area (Å²) in [6.07, 6.45) is 6.01. The number of amides is 1. The highest BCUT2D eigenvalue weighted by molar-refractivity contribution is 7.15. The van der Waals surface area contributed by atoms with E-state index in [4.69, 9.17) is 34.7 Å². The van der Waals surface area contributed by atoms with Crippen molar-refractivity contribution in [2.75, 3.05) is 5.73 Å². The van der Waals surface area contributed by atoms with E-state index < -0.39 is 0 Å². The first kappa shape index (κ1) is 26.2. The summed E-state index contributed by atoms with van der Waals surface area (Å²) in [5.74, 6) is 0.148. The Labute approximate surface area is 228 Å². The first-order valence-corrected chi connectivity index (χ1v) is 12.8. The first-order chi connectivity index (χ1) is 17.9. The van der Waals surface area contributed by atoms with Crippen LogP contribution in [0.3, 0.4) is 0 Å². The Bertz CT molecular complexity index is 1530. The summed E-state index contributed by atoms with van der Waals surface area (Å²) >= 11 is 13.7. The highest BCUT2D eigenvalue weighted by Gasteiger charge is 2.14. The largest absolute Gasteiger partial charge is 0.405 e. The van der Waals surface area contributed by atoms with Crippen LogP contribution in [-0.2, 0) is 17.9 Å². The fraction of sp³-hybridized carbons (Fsp3) is 0.0741. The lowest BCUT2D eigenvalue weighted by molar-refractivity contribution is -0.117. The van der Waals surface area contributed by atoms with Crippen LogP contribution in [0.4, 0.5) is 5.82 Å². The molecule has 0 radical (unpaired) electrons. The number of hydrogen-bond acceptors (Lipinski definition) is 7. The van der Waals surface area contributed by atoms with E-state index in [2.05, 4.69) is 27.2 Å². The van der Waals surface area contributed by atoms with Crippen molar-refractivity contribution in [3.05, 3.63) is 112 Å². The quantitative estimate of drug-likeness (QED) is 0.160. The smallest absolute Gasteiger partial charge is 0.253 e. The fourth-order valence-electron chi connectivity index (χ4n) is 3.54. The van der Waals surface area contributed by atoms with Crippen molar-refractivity contribution in [3.63, 3.8) is 0 Å². The number of rotatable bonds is 9. The topological polar surface area (TPSA) is 119 Å². The normalized spacial score (nSPS) is 11.7. The van der Waals surface area contributed by atoms with Crippen molar-refractivity contribution in [2.45, 2.75) is 13.1 Å². The third-order valence-electron chi connectivity index (χ3n) is 5.47. The predicted octanol–water partition coefficient (Wildman–Crippen LogP) is 5.57. The van der Waals surface area contributed by atoms with Gasteiger partial charge in [0.25, 0.3) is 5.91 Å². The average molecular weight is 552 g/mol. The van der Waals surface area contributed by atoms with Crippen LogP contribution in [0.1, 0.15) is 10.4 Å². The summed E-state index contributed by atoms with van der Waals surface area (Å²) in [6, 6.07) is 15.2. The molecule has 2 heterocycles. The molecule has 0 saturated heterocycles. The van der Waals surface area contributed by atoms with Gasteiger partial charge in [0.1, 0.15) is 12.1 Å². The molecule has 2 aromatic carbocycles. The van der Waals surface area contributed by atoms with Crippen LogP contribution in [0, 0.1) is 0 Å². The predicted molar refractivity (Wildman–Crippen MR) is 153 cm³/mol. The molecule has 0 bridgehead atoms. The maximum Gasteiger partial charge on any atom is 0.253 e. The van der Waals surface area contributed by atoms with Crippen molar-refractivity contribution < 1.29 is 4.79 Å². The Morgan fingerprint density at radius 1 is 1.03 bits per heavy atom. The number of nitrogens with one attached hydrogen (secondary N) is 2. The van der Waals surface area contributed by atoms with Crippen LogP contribution >= 0.6 is 34.5 Å². The van der Waals surface area contributed by atoms with Crippen molar-refractivity contribution >= 4 is 57.2 Å². The lowest BCUT2D eigenvalue weighted by atomic mass is 10.1. The highest BCUT2D eigenvalue weighted by atomic mass is 35.5. The molecule has 188 valence electrons. The molecule has 10 heteroatoms. The molecule has 4 rings (SSSR count). The van der Waals surface area contributed by atoms with Gasteiger partial charge in [-0.2, -0.15) is 0 Å². The van der Waals surface area contributed by atoms with Gasteiger partial charge in [0, 0.05) is 33.9 Å². The van der Waals surface area contributed by atoms with Gasteiger partial charge in [-0.05, 0) is 65.9 Å². The molecule has 2 aromatic heterocycles. The number of carbonyl (C=O) groups is 1. The molecule has 6 N–H and O–H groups in total. The molecule has 0 fully saturated rings. The van der Waals surface area contributed by atoms with Gasteiger partial charge in [0.05, 0.1) is 21.1 Å². The number of nitrogens with zero attached hydrogens (tertiary/aromatic N) is 2. The van der Waals surface area contributed by atoms with Crippen molar-refractivity contribution in [2.24, 2.45) is 5.73 Å². The summed E-state index contributed by atoms with van der Waals surface area (Å²) in [5.41, 5.74) is 15.0. The Balaban J connectivity index is 1.41. The number of nitrogen functional groups attached to an aromatic ring is 1. The molecule has 4 aromatic rings. The summed E-state index contributed by atoms with van der Waals surface area (Å²) in [7, 11) is 0. The van der Waals surface area contributed by atoms with Crippen LogP contribution in [-0.4, -0.2) is 15.9 Å². The molecule has 0 aliphatic carbocycles. The Morgan fingerprint density at radius 2 is 1.86 bits per heavy atom. The lowest BCUT2D eigenvalue weighted by Gasteiger charge is -2.13. The molecule has 0 aliphatic rings. The molecular formula is C27H24Cl2N6OS. The average Bonchev–Trinajstić information content (AvgIpc) is 3.37. The minimum atomic E-state index is -0.301. The number of hydrogen-bond donors (Lipinski definition) is 4. The number of aromatic nitrogens is 2. The van der Waals surface area contributed by atoms with E-state index in [1.54, 1.807) is 41.7 Å². The van der Waals surface area contributed by atoms with E-state index in [-0.39, 0.29) is 12.5 Å². The number of fused-ring (bicyclic) bond motifs is 1. The minimum absolute atomic E-state index is 0.280. The fourth-order valence-corrected chi connectivity index (χ4v) is 4.80. The second-order valence-corrected chi connectivity index (χ2v) is 9.97. The maximum absolute atomic E-state index is 12.9. The molecule has 7 nitrogen and oxygen atoms in total. The molecule has 37 heavy (non-hydrogen) atoms. The molecule has 0 spiro atoms. The molecule has 0 atom stereocenters. The summed E-state index contributed by atoms with van der Waals surface area (Å²) < 4.78 is 0. The van der Waals surface area contributed by atoms with Crippen LogP contribution in [0.25, 0.3) is 21.3 Å². The second-order valence-electron chi connectivity index (χ2n) is 7.99. The van der Waals surface area contributed by atoms with Gasteiger partial charge in [-0.3, -0.25) is 4.79 Å². The molecule has 0 aliphatic heterocycles. The number of allylic oxidation sites excluding steroid dienone is 2. The van der Waals surface area contributed by atoms with E-state index in [1.807, 2.05) is 30.3 Å². The third kappa shape index (κ3) is 6.48. The standard InChI is InChI=1S/C27H24Cl2N6OS/c1-16(20(3-2-10-30)27(36)33-13-17-4-7-22(28)23(29)11-17)32-14-19-6-9-25(37-19)18-5-8-24-21(12-18)26(31)35-15-34-24/h2-12,15,32H,1,13-14,30H2,(H,33,36)(H2,31,34,35)/b10-2-,20-3+. The summed E-state index contributed by atoms with van der Waals surface area (Å²) in [4.78, 5) is 23.4. The van der Waals surface area contributed by atoms with E-state index in [1.165, 1.54) is 12.5 Å². The Kier molecular flexibility index (Phi) is 8.45. The van der Waals surface area contributed by atoms with E-state index >= 15 is 0 Å². The zero-order valence-electron chi connectivity index (χ0n) is 19.7. The maximum atomic E-state index is 12.9. The van der Waals surface area contributed by atoms with E-state index in [0.717, 1.165) is 31.8 Å². The molecule has 0 unspecified atom stereocenters. The highest BCUT2D eigenvalue weighted by Crippen LogP contribution is 2.31. The van der Waals surface area contributed by atoms with Gasteiger partial charge in [0.15, 0.2) is 0 Å². The number of nitrogens with two attached hydrogens (primary N) is 2. The molecule has 1 amide bonds. The zero-order chi connectivity index (χ0) is 26.4. The van der Waals surface area contributed by atoms with Crippen molar-refractivity contribution in [1.82, 2.24) is 20.6 Å². The van der Waals surface area contributed by atoms with Crippen LogP contribution in [0.5, 0.6) is 0 Å². The number of thiophene rings is 1.